The number of nitriles is 1. The molecule has 0 saturated carbocycles. The van der Waals surface area contributed by atoms with Crippen LogP contribution in [-0.4, -0.2) is 47.6 Å². The molecule has 1 aliphatic heterocycles. The van der Waals surface area contributed by atoms with Crippen LogP contribution in [0.3, 0.4) is 0 Å². The van der Waals surface area contributed by atoms with Gasteiger partial charge in [0.05, 0.1) is 0 Å². The van der Waals surface area contributed by atoms with Crippen LogP contribution >= 0.6 is 0 Å². The van der Waals surface area contributed by atoms with Crippen LogP contribution in [-0.2, 0) is 13.6 Å². The molecule has 0 aromatic carbocycles. The van der Waals surface area contributed by atoms with Crippen molar-refractivity contribution in [1.82, 2.24) is 14.4 Å². The largest absolute Gasteiger partial charge is 0.340 e. The lowest BCUT2D eigenvalue weighted by atomic mass is 10.1. The fourth-order valence-electron chi connectivity index (χ4n) is 3.38. The number of hydrogen-bond acceptors (Lipinski definition) is 3. The lowest BCUT2D eigenvalue weighted by molar-refractivity contribution is 0.221. The van der Waals surface area contributed by atoms with Gasteiger partial charge in [-0.15, -0.1) is 0 Å². The summed E-state index contributed by atoms with van der Waals surface area (Å²) in [6, 6.07) is 4.28. The van der Waals surface area contributed by atoms with Crippen molar-refractivity contribution in [3.05, 3.63) is 23.0 Å². The Labute approximate surface area is 129 Å². The Balaban J connectivity index is 1.86. The molecule has 4 nitrogen and oxygen atoms in total. The predicted molar refractivity (Wildman–Crippen MR) is 86.0 cm³/mol. The minimum absolute atomic E-state index is 0.688. The summed E-state index contributed by atoms with van der Waals surface area (Å²) < 4.78 is 1.98. The van der Waals surface area contributed by atoms with Gasteiger partial charge in [0.15, 0.2) is 0 Å². The molecule has 1 aliphatic rings. The Morgan fingerprint density at radius 3 is 2.62 bits per heavy atom. The van der Waals surface area contributed by atoms with E-state index >= 15 is 0 Å². The maximum Gasteiger partial charge on any atom is 0.120 e. The quantitative estimate of drug-likeness (QED) is 0.806. The average Bonchev–Trinajstić information content (AvgIpc) is 3.02. The van der Waals surface area contributed by atoms with E-state index in [-0.39, 0.29) is 0 Å². The molecule has 1 atom stereocenters. The van der Waals surface area contributed by atoms with E-state index in [1.807, 2.05) is 17.7 Å². The van der Waals surface area contributed by atoms with Gasteiger partial charge < -0.3 is 14.4 Å². The van der Waals surface area contributed by atoms with Crippen LogP contribution in [0.5, 0.6) is 0 Å². The van der Waals surface area contributed by atoms with E-state index in [1.165, 1.54) is 43.7 Å². The molecule has 116 valence electrons. The third-order valence-corrected chi connectivity index (χ3v) is 4.59. The topological polar surface area (TPSA) is 35.2 Å². The van der Waals surface area contributed by atoms with E-state index in [1.54, 1.807) is 0 Å². The van der Waals surface area contributed by atoms with Crippen LogP contribution in [0.15, 0.2) is 6.07 Å². The van der Waals surface area contributed by atoms with Crippen LogP contribution in [0.2, 0.25) is 0 Å². The summed E-state index contributed by atoms with van der Waals surface area (Å²) in [6.07, 6.45) is 2.73. The van der Waals surface area contributed by atoms with Crippen LogP contribution in [0.25, 0.3) is 0 Å². The van der Waals surface area contributed by atoms with Crippen LogP contribution in [0, 0.1) is 24.2 Å². The van der Waals surface area contributed by atoms with Crippen molar-refractivity contribution in [2.45, 2.75) is 33.2 Å². The number of nitrogens with zero attached hydrogens (tertiary/aromatic N) is 4. The zero-order valence-electron chi connectivity index (χ0n) is 13.9. The summed E-state index contributed by atoms with van der Waals surface area (Å²) >= 11 is 0. The fourth-order valence-corrected chi connectivity index (χ4v) is 3.38. The Morgan fingerprint density at radius 2 is 2.05 bits per heavy atom. The van der Waals surface area contributed by atoms with Gasteiger partial charge in [-0.3, -0.25) is 0 Å². The first-order chi connectivity index (χ1) is 10.0. The van der Waals surface area contributed by atoms with Crippen molar-refractivity contribution in [2.75, 3.05) is 33.2 Å². The molecule has 1 saturated heterocycles. The summed E-state index contributed by atoms with van der Waals surface area (Å²) in [4.78, 5) is 4.96. The Kier molecular flexibility index (Phi) is 5.44. The smallest absolute Gasteiger partial charge is 0.120 e. The van der Waals surface area contributed by atoms with Crippen molar-refractivity contribution >= 4 is 0 Å². The van der Waals surface area contributed by atoms with E-state index in [2.05, 4.69) is 36.8 Å². The van der Waals surface area contributed by atoms with Crippen LogP contribution < -0.4 is 0 Å². The molecule has 0 bridgehead atoms. The standard InChI is InChI=1S/C17H28N4/c1-14(12-21-7-5-6-8-21)11-19(3)13-16-9-17(10-18)20(4)15(16)2/h9,14H,5-8,11-13H2,1-4H3. The third kappa shape index (κ3) is 4.09. The van der Waals surface area contributed by atoms with Gasteiger partial charge in [0.1, 0.15) is 11.8 Å². The van der Waals surface area contributed by atoms with Crippen molar-refractivity contribution < 1.29 is 0 Å². The fraction of sp³-hybridized carbons (Fsp3) is 0.706. The molecule has 1 unspecified atom stereocenters. The summed E-state index contributed by atoms with van der Waals surface area (Å²) in [5.74, 6) is 0.688. The first-order valence-corrected chi connectivity index (χ1v) is 7.97. The lowest BCUT2D eigenvalue weighted by Crippen LogP contribution is -2.32. The van der Waals surface area contributed by atoms with Gasteiger partial charge in [0.2, 0.25) is 0 Å². The van der Waals surface area contributed by atoms with Gasteiger partial charge in [-0.05, 0) is 57.5 Å². The number of hydrogen-bond donors (Lipinski definition) is 0. The monoisotopic (exact) mass is 288 g/mol. The zero-order chi connectivity index (χ0) is 15.4. The maximum absolute atomic E-state index is 9.11. The molecule has 2 heterocycles. The van der Waals surface area contributed by atoms with Crippen LogP contribution in [0.1, 0.15) is 36.7 Å². The molecule has 0 amide bonds. The highest BCUT2D eigenvalue weighted by Crippen LogP contribution is 2.16. The van der Waals surface area contributed by atoms with Crippen molar-refractivity contribution in [1.29, 1.82) is 5.26 Å². The first kappa shape index (κ1) is 16.1. The molecule has 4 heteroatoms. The SMILES string of the molecule is Cc1c(CN(C)CC(C)CN2CCCC2)cc(C#N)n1C. The minimum atomic E-state index is 0.688. The van der Waals surface area contributed by atoms with Gasteiger partial charge in [-0.25, -0.2) is 0 Å². The van der Waals surface area contributed by atoms with Gasteiger partial charge in [0.25, 0.3) is 0 Å². The molecule has 1 aromatic rings. The second kappa shape index (κ2) is 7.11. The second-order valence-corrected chi connectivity index (χ2v) is 6.62. The Morgan fingerprint density at radius 1 is 1.38 bits per heavy atom. The number of rotatable bonds is 6. The Hall–Kier alpha value is -1.31. The summed E-state index contributed by atoms with van der Waals surface area (Å²) in [5, 5.41) is 9.11. The lowest BCUT2D eigenvalue weighted by Gasteiger charge is -2.25. The summed E-state index contributed by atoms with van der Waals surface area (Å²) in [7, 11) is 4.15. The van der Waals surface area contributed by atoms with E-state index in [0.29, 0.717) is 5.92 Å². The molecular weight excluding hydrogens is 260 g/mol. The molecule has 0 aliphatic carbocycles. The third-order valence-electron chi connectivity index (χ3n) is 4.59. The molecule has 21 heavy (non-hydrogen) atoms. The average molecular weight is 288 g/mol. The summed E-state index contributed by atoms with van der Waals surface area (Å²) in [5.41, 5.74) is 3.22. The summed E-state index contributed by atoms with van der Waals surface area (Å²) in [6.45, 7) is 10.2. The van der Waals surface area contributed by atoms with E-state index in [4.69, 9.17) is 5.26 Å². The second-order valence-electron chi connectivity index (χ2n) is 6.62. The molecule has 0 radical (unpaired) electrons. The molecule has 1 aromatic heterocycles. The van der Waals surface area contributed by atoms with E-state index < -0.39 is 0 Å². The highest BCUT2D eigenvalue weighted by Gasteiger charge is 2.17. The van der Waals surface area contributed by atoms with Gasteiger partial charge >= 0.3 is 0 Å². The first-order valence-electron chi connectivity index (χ1n) is 7.97. The van der Waals surface area contributed by atoms with Gasteiger partial charge in [-0.2, -0.15) is 5.26 Å². The van der Waals surface area contributed by atoms with Crippen molar-refractivity contribution in [3.63, 3.8) is 0 Å². The molecule has 2 rings (SSSR count). The highest BCUT2D eigenvalue weighted by atomic mass is 15.2. The highest BCUT2D eigenvalue weighted by molar-refractivity contribution is 5.34. The zero-order valence-corrected chi connectivity index (χ0v) is 13.9. The number of likely N-dealkylation sites (tertiary alicyclic amines) is 1. The predicted octanol–water partition coefficient (Wildman–Crippen LogP) is 2.37. The maximum atomic E-state index is 9.11. The van der Waals surface area contributed by atoms with Gasteiger partial charge in [0, 0.05) is 32.4 Å². The van der Waals surface area contributed by atoms with Crippen LogP contribution in [0.4, 0.5) is 0 Å². The molecule has 1 fully saturated rings. The molecular formula is C17H28N4. The van der Waals surface area contributed by atoms with Gasteiger partial charge in [-0.1, -0.05) is 6.92 Å². The van der Waals surface area contributed by atoms with Crippen molar-refractivity contribution in [2.24, 2.45) is 13.0 Å². The normalized spacial score (nSPS) is 17.3. The molecule has 0 spiro atoms. The van der Waals surface area contributed by atoms with Crippen molar-refractivity contribution in [3.8, 4) is 6.07 Å². The minimum Gasteiger partial charge on any atom is -0.340 e. The molecule has 0 N–H and O–H groups in total. The Bertz CT molecular complexity index is 506. The van der Waals surface area contributed by atoms with E-state index in [0.717, 1.165) is 18.8 Å². The van der Waals surface area contributed by atoms with E-state index in [9.17, 15) is 0 Å². The number of aromatic nitrogens is 1.